The lowest BCUT2D eigenvalue weighted by atomic mass is 10.2. The lowest BCUT2D eigenvalue weighted by Gasteiger charge is -2.26. The average molecular weight is 261 g/mol. The largest absolute Gasteiger partial charge is 0.390 e. The van der Waals surface area contributed by atoms with Crippen LogP contribution in [0.15, 0.2) is 6.20 Å². The van der Waals surface area contributed by atoms with Crippen LogP contribution in [0.4, 0.5) is 5.69 Å². The number of rotatable bonds is 6. The zero-order valence-electron chi connectivity index (χ0n) is 11.8. The molecule has 0 aliphatic heterocycles. The molecule has 4 heteroatoms. The van der Waals surface area contributed by atoms with E-state index in [2.05, 4.69) is 28.7 Å². The van der Waals surface area contributed by atoms with Crippen molar-refractivity contribution in [3.63, 3.8) is 0 Å². The smallest absolute Gasteiger partial charge is 0.131 e. The third kappa shape index (κ3) is 2.89. The number of aliphatic hydroxyl groups is 1. The number of aliphatic hydroxyl groups excluding tert-OH is 1. The van der Waals surface area contributed by atoms with Crippen LogP contribution in [0.3, 0.4) is 0 Å². The fourth-order valence-corrected chi connectivity index (χ4v) is 2.47. The van der Waals surface area contributed by atoms with Crippen LogP contribution in [-0.4, -0.2) is 27.7 Å². The summed E-state index contributed by atoms with van der Waals surface area (Å²) >= 11 is 0. The molecule has 0 bridgehead atoms. The number of anilines is 1. The molecule has 0 saturated heterocycles. The standard InChI is InChI=1S/C15H23N3O/c1-10(2)15-16-7-14(13(9-19)17-15)18(12-5-6-12)8-11-3-4-11/h7,10-12,19H,3-6,8-9H2,1-2H3. The van der Waals surface area contributed by atoms with Crippen molar-refractivity contribution in [2.75, 3.05) is 11.4 Å². The fraction of sp³-hybridized carbons (Fsp3) is 0.733. The van der Waals surface area contributed by atoms with E-state index in [0.717, 1.165) is 29.7 Å². The highest BCUT2D eigenvalue weighted by molar-refractivity contribution is 5.51. The third-order valence-corrected chi connectivity index (χ3v) is 3.98. The third-order valence-electron chi connectivity index (χ3n) is 3.98. The zero-order chi connectivity index (χ0) is 13.4. The van der Waals surface area contributed by atoms with Gasteiger partial charge in [-0.2, -0.15) is 0 Å². The SMILES string of the molecule is CC(C)c1ncc(N(CC2CC2)C2CC2)c(CO)n1. The Hall–Kier alpha value is -1.16. The van der Waals surface area contributed by atoms with E-state index in [0.29, 0.717) is 12.0 Å². The van der Waals surface area contributed by atoms with Gasteiger partial charge in [-0.15, -0.1) is 0 Å². The van der Waals surface area contributed by atoms with Crippen molar-refractivity contribution < 1.29 is 5.11 Å². The lowest BCUT2D eigenvalue weighted by Crippen LogP contribution is -2.29. The van der Waals surface area contributed by atoms with Crippen LogP contribution >= 0.6 is 0 Å². The fourth-order valence-electron chi connectivity index (χ4n) is 2.47. The van der Waals surface area contributed by atoms with Gasteiger partial charge >= 0.3 is 0 Å². The van der Waals surface area contributed by atoms with Crippen LogP contribution in [0.25, 0.3) is 0 Å². The van der Waals surface area contributed by atoms with E-state index in [-0.39, 0.29) is 6.61 Å². The first kappa shape index (κ1) is 12.9. The van der Waals surface area contributed by atoms with Crippen LogP contribution in [0.2, 0.25) is 0 Å². The maximum absolute atomic E-state index is 9.61. The van der Waals surface area contributed by atoms with Crippen LogP contribution in [0, 0.1) is 5.92 Å². The first-order valence-electron chi connectivity index (χ1n) is 7.42. The van der Waals surface area contributed by atoms with Crippen molar-refractivity contribution in [2.45, 2.75) is 58.1 Å². The molecule has 2 saturated carbocycles. The Bertz CT molecular complexity index is 453. The van der Waals surface area contributed by atoms with E-state index >= 15 is 0 Å². The molecule has 0 radical (unpaired) electrons. The van der Waals surface area contributed by atoms with Gasteiger partial charge < -0.3 is 10.0 Å². The quantitative estimate of drug-likeness (QED) is 0.854. The normalized spacial score (nSPS) is 18.9. The van der Waals surface area contributed by atoms with E-state index in [1.165, 1.54) is 25.7 Å². The maximum Gasteiger partial charge on any atom is 0.131 e. The molecule has 1 aromatic rings. The molecule has 2 fully saturated rings. The summed E-state index contributed by atoms with van der Waals surface area (Å²) < 4.78 is 0. The highest BCUT2D eigenvalue weighted by Crippen LogP contribution is 2.38. The van der Waals surface area contributed by atoms with E-state index in [4.69, 9.17) is 0 Å². The van der Waals surface area contributed by atoms with Crippen LogP contribution in [0.1, 0.15) is 57.0 Å². The summed E-state index contributed by atoms with van der Waals surface area (Å²) in [5.74, 6) is 1.98. The summed E-state index contributed by atoms with van der Waals surface area (Å²) in [5.41, 5.74) is 1.85. The minimum Gasteiger partial charge on any atom is -0.390 e. The van der Waals surface area contributed by atoms with Crippen LogP contribution in [-0.2, 0) is 6.61 Å². The molecule has 0 unspecified atom stereocenters. The van der Waals surface area contributed by atoms with Gasteiger partial charge in [0, 0.05) is 18.5 Å². The highest BCUT2D eigenvalue weighted by atomic mass is 16.3. The molecule has 1 heterocycles. The summed E-state index contributed by atoms with van der Waals surface area (Å²) in [6.07, 6.45) is 7.16. The Morgan fingerprint density at radius 3 is 2.58 bits per heavy atom. The van der Waals surface area contributed by atoms with Gasteiger partial charge in [0.05, 0.1) is 24.2 Å². The molecule has 3 rings (SSSR count). The van der Waals surface area contributed by atoms with Gasteiger partial charge in [-0.1, -0.05) is 13.8 Å². The van der Waals surface area contributed by atoms with Crippen molar-refractivity contribution >= 4 is 5.69 Å². The second-order valence-corrected chi connectivity index (χ2v) is 6.20. The Kier molecular flexibility index (Phi) is 3.44. The summed E-state index contributed by atoms with van der Waals surface area (Å²) in [6, 6.07) is 0.652. The minimum absolute atomic E-state index is 0.00542. The predicted octanol–water partition coefficient (Wildman–Crippen LogP) is 2.47. The van der Waals surface area contributed by atoms with Crippen molar-refractivity contribution in [1.82, 2.24) is 9.97 Å². The van der Waals surface area contributed by atoms with Crippen molar-refractivity contribution in [2.24, 2.45) is 5.92 Å². The van der Waals surface area contributed by atoms with E-state index in [1.54, 1.807) is 0 Å². The van der Waals surface area contributed by atoms with Gasteiger partial charge in [0.25, 0.3) is 0 Å². The Morgan fingerprint density at radius 1 is 1.32 bits per heavy atom. The molecule has 104 valence electrons. The molecular formula is C15H23N3O. The van der Waals surface area contributed by atoms with E-state index in [1.807, 2.05) is 6.20 Å². The van der Waals surface area contributed by atoms with Crippen molar-refractivity contribution in [3.8, 4) is 0 Å². The molecule has 2 aliphatic carbocycles. The molecule has 4 nitrogen and oxygen atoms in total. The van der Waals surface area contributed by atoms with E-state index < -0.39 is 0 Å². The van der Waals surface area contributed by atoms with Gasteiger partial charge in [0.15, 0.2) is 0 Å². The number of hydrogen-bond donors (Lipinski definition) is 1. The molecule has 1 aromatic heterocycles. The zero-order valence-corrected chi connectivity index (χ0v) is 11.8. The molecule has 0 amide bonds. The van der Waals surface area contributed by atoms with E-state index in [9.17, 15) is 5.11 Å². The molecule has 0 atom stereocenters. The molecule has 1 N–H and O–H groups in total. The van der Waals surface area contributed by atoms with Crippen molar-refractivity contribution in [1.29, 1.82) is 0 Å². The van der Waals surface area contributed by atoms with Crippen molar-refractivity contribution in [3.05, 3.63) is 17.7 Å². The second-order valence-electron chi connectivity index (χ2n) is 6.20. The Labute approximate surface area is 114 Å². The van der Waals surface area contributed by atoms with Gasteiger partial charge in [0.1, 0.15) is 5.82 Å². The first-order chi connectivity index (χ1) is 9.19. The topological polar surface area (TPSA) is 49.2 Å². The number of aromatic nitrogens is 2. The summed E-state index contributed by atoms with van der Waals surface area (Å²) in [7, 11) is 0. The lowest BCUT2D eigenvalue weighted by molar-refractivity contribution is 0.276. The highest BCUT2D eigenvalue weighted by Gasteiger charge is 2.35. The molecule has 2 aliphatic rings. The summed E-state index contributed by atoms with van der Waals surface area (Å²) in [5, 5.41) is 9.61. The summed E-state index contributed by atoms with van der Waals surface area (Å²) in [6.45, 7) is 5.28. The average Bonchev–Trinajstić information content (AvgIpc) is 3.27. The van der Waals surface area contributed by atoms with Gasteiger partial charge in [-0.25, -0.2) is 9.97 Å². The number of hydrogen-bond acceptors (Lipinski definition) is 4. The molecule has 0 aromatic carbocycles. The second kappa shape index (κ2) is 5.08. The first-order valence-corrected chi connectivity index (χ1v) is 7.42. The maximum atomic E-state index is 9.61. The molecular weight excluding hydrogens is 238 g/mol. The monoisotopic (exact) mass is 261 g/mol. The van der Waals surface area contributed by atoms with Gasteiger partial charge in [-0.05, 0) is 31.6 Å². The van der Waals surface area contributed by atoms with Crippen LogP contribution < -0.4 is 4.90 Å². The van der Waals surface area contributed by atoms with Gasteiger partial charge in [-0.3, -0.25) is 0 Å². The Balaban J connectivity index is 1.87. The molecule has 19 heavy (non-hydrogen) atoms. The Morgan fingerprint density at radius 2 is 2.05 bits per heavy atom. The van der Waals surface area contributed by atoms with Gasteiger partial charge in [0.2, 0.25) is 0 Å². The number of nitrogens with zero attached hydrogens (tertiary/aromatic N) is 3. The minimum atomic E-state index is 0.00542. The van der Waals surface area contributed by atoms with Crippen LogP contribution in [0.5, 0.6) is 0 Å². The molecule has 0 spiro atoms. The summed E-state index contributed by atoms with van der Waals surface area (Å²) in [4.78, 5) is 11.5. The predicted molar refractivity (Wildman–Crippen MR) is 75.1 cm³/mol.